The minimum Gasteiger partial charge on any atom is -0.347 e. The number of rotatable bonds is 12. The normalized spacial score (nSPS) is 14.8. The second-order valence-electron chi connectivity index (χ2n) is 6.01. The van der Waals surface area contributed by atoms with Gasteiger partial charge in [-0.15, -0.1) is 12.6 Å². The number of hydrogen-bond donors (Lipinski definition) is 3. The van der Waals surface area contributed by atoms with Gasteiger partial charge in [0.1, 0.15) is 6.29 Å². The Morgan fingerprint density at radius 2 is 1.96 bits per heavy atom. The van der Waals surface area contributed by atoms with E-state index in [1.165, 1.54) is 6.08 Å². The molecule has 8 nitrogen and oxygen atoms in total. The van der Waals surface area contributed by atoms with Gasteiger partial charge in [0.25, 0.3) is 11.8 Å². The SMILES string of the molecule is CCCC(C=O)NC(=O)CNC(=O)CCCCCN1C(=O)C=C(S)C1=O. The monoisotopic (exact) mass is 383 g/mol. The van der Waals surface area contributed by atoms with E-state index in [9.17, 15) is 24.0 Å². The van der Waals surface area contributed by atoms with Gasteiger partial charge in [0.2, 0.25) is 11.8 Å². The smallest absolute Gasteiger partial charge is 0.267 e. The number of aldehydes is 1. The fourth-order valence-electron chi connectivity index (χ4n) is 2.45. The molecule has 0 aliphatic carbocycles. The van der Waals surface area contributed by atoms with E-state index < -0.39 is 17.9 Å². The summed E-state index contributed by atoms with van der Waals surface area (Å²) in [5.74, 6) is -1.41. The molecule has 144 valence electrons. The molecule has 0 aromatic heterocycles. The van der Waals surface area contributed by atoms with Crippen LogP contribution in [0.3, 0.4) is 0 Å². The first kappa shape index (κ1) is 21.9. The van der Waals surface area contributed by atoms with Crippen molar-refractivity contribution < 1.29 is 24.0 Å². The second kappa shape index (κ2) is 11.5. The van der Waals surface area contributed by atoms with Gasteiger partial charge in [-0.25, -0.2) is 0 Å². The molecule has 0 saturated heterocycles. The van der Waals surface area contributed by atoms with Crippen LogP contribution in [0.25, 0.3) is 0 Å². The summed E-state index contributed by atoms with van der Waals surface area (Å²) in [5, 5.41) is 5.04. The van der Waals surface area contributed by atoms with Crippen molar-refractivity contribution in [3.05, 3.63) is 11.0 Å². The Morgan fingerprint density at radius 3 is 2.54 bits per heavy atom. The lowest BCUT2D eigenvalue weighted by molar-refractivity contribution is -0.137. The highest BCUT2D eigenvalue weighted by molar-refractivity contribution is 7.85. The van der Waals surface area contributed by atoms with Crippen LogP contribution in [0.1, 0.15) is 45.4 Å². The molecular formula is C17H25N3O5S. The molecule has 1 rings (SSSR count). The summed E-state index contributed by atoms with van der Waals surface area (Å²) in [6.45, 7) is 2.04. The number of carbonyl (C=O) groups is 5. The van der Waals surface area contributed by atoms with E-state index >= 15 is 0 Å². The topological polar surface area (TPSA) is 113 Å². The molecule has 0 radical (unpaired) electrons. The first-order valence-corrected chi connectivity index (χ1v) is 9.11. The highest BCUT2D eigenvalue weighted by atomic mass is 32.1. The van der Waals surface area contributed by atoms with Crippen LogP contribution in [0.4, 0.5) is 0 Å². The van der Waals surface area contributed by atoms with E-state index in [1.807, 2.05) is 6.92 Å². The van der Waals surface area contributed by atoms with Crippen LogP contribution in [-0.4, -0.2) is 53.9 Å². The van der Waals surface area contributed by atoms with Crippen LogP contribution in [0.15, 0.2) is 11.0 Å². The van der Waals surface area contributed by atoms with E-state index in [4.69, 9.17) is 0 Å². The van der Waals surface area contributed by atoms with Crippen molar-refractivity contribution >= 4 is 42.5 Å². The van der Waals surface area contributed by atoms with Gasteiger partial charge >= 0.3 is 0 Å². The lowest BCUT2D eigenvalue weighted by Gasteiger charge is -2.13. The van der Waals surface area contributed by atoms with Crippen LogP contribution in [0.2, 0.25) is 0 Å². The average Bonchev–Trinajstić information content (AvgIpc) is 2.85. The van der Waals surface area contributed by atoms with Crippen LogP contribution < -0.4 is 10.6 Å². The fourth-order valence-corrected chi connectivity index (χ4v) is 2.68. The van der Waals surface area contributed by atoms with Crippen molar-refractivity contribution in [2.75, 3.05) is 13.1 Å². The van der Waals surface area contributed by atoms with Crippen LogP contribution in [-0.2, 0) is 24.0 Å². The highest BCUT2D eigenvalue weighted by Crippen LogP contribution is 2.16. The molecule has 0 spiro atoms. The maximum Gasteiger partial charge on any atom is 0.267 e. The molecule has 1 unspecified atom stereocenters. The first-order chi connectivity index (χ1) is 12.4. The molecule has 0 bridgehead atoms. The van der Waals surface area contributed by atoms with E-state index in [1.54, 1.807) is 0 Å². The number of nitrogens with zero attached hydrogens (tertiary/aromatic N) is 1. The molecule has 0 aromatic carbocycles. The summed E-state index contributed by atoms with van der Waals surface area (Å²) < 4.78 is 0. The van der Waals surface area contributed by atoms with Gasteiger partial charge in [-0.3, -0.25) is 24.1 Å². The predicted octanol–water partition coefficient (Wildman–Crippen LogP) is 0.329. The predicted molar refractivity (Wildman–Crippen MR) is 98.2 cm³/mol. The minimum atomic E-state index is -0.521. The Hall–Kier alpha value is -2.16. The fraction of sp³-hybridized carbons (Fsp3) is 0.588. The number of thiol groups is 1. The Labute approximate surface area is 158 Å². The third-order valence-electron chi connectivity index (χ3n) is 3.83. The second-order valence-corrected chi connectivity index (χ2v) is 6.49. The summed E-state index contributed by atoms with van der Waals surface area (Å²) in [4.78, 5) is 58.5. The zero-order valence-corrected chi connectivity index (χ0v) is 15.7. The van der Waals surface area contributed by atoms with Gasteiger partial charge in [-0.2, -0.15) is 0 Å². The molecule has 26 heavy (non-hydrogen) atoms. The number of amides is 4. The van der Waals surface area contributed by atoms with E-state index in [-0.39, 0.29) is 29.7 Å². The lowest BCUT2D eigenvalue weighted by atomic mass is 10.2. The summed E-state index contributed by atoms with van der Waals surface area (Å²) in [6, 6.07) is -0.521. The Balaban J connectivity index is 2.12. The van der Waals surface area contributed by atoms with Crippen molar-refractivity contribution in [3.63, 3.8) is 0 Å². The van der Waals surface area contributed by atoms with Crippen molar-refractivity contribution in [1.29, 1.82) is 0 Å². The number of nitrogens with one attached hydrogen (secondary N) is 2. The molecule has 4 amide bonds. The summed E-state index contributed by atoms with van der Waals surface area (Å²) in [6.07, 6.45) is 5.31. The third-order valence-corrected chi connectivity index (χ3v) is 4.15. The molecule has 0 saturated carbocycles. The van der Waals surface area contributed by atoms with Crippen LogP contribution in [0.5, 0.6) is 0 Å². The molecule has 9 heteroatoms. The van der Waals surface area contributed by atoms with Gasteiger partial charge in [0, 0.05) is 19.0 Å². The number of hydrogen-bond acceptors (Lipinski definition) is 6. The molecule has 1 aliphatic heterocycles. The molecular weight excluding hydrogens is 358 g/mol. The minimum absolute atomic E-state index is 0.142. The van der Waals surface area contributed by atoms with Crippen molar-refractivity contribution in [1.82, 2.24) is 15.5 Å². The Bertz CT molecular complexity index is 591. The lowest BCUT2D eigenvalue weighted by Crippen LogP contribution is -2.42. The first-order valence-electron chi connectivity index (χ1n) is 8.66. The van der Waals surface area contributed by atoms with Crippen molar-refractivity contribution in [2.45, 2.75) is 51.5 Å². The van der Waals surface area contributed by atoms with E-state index in [0.29, 0.717) is 38.5 Å². The van der Waals surface area contributed by atoms with Crippen molar-refractivity contribution in [2.24, 2.45) is 0 Å². The molecule has 0 fully saturated rings. The largest absolute Gasteiger partial charge is 0.347 e. The molecule has 1 atom stereocenters. The molecule has 0 aromatic rings. The maximum atomic E-state index is 11.7. The molecule has 2 N–H and O–H groups in total. The number of imide groups is 1. The maximum absolute atomic E-state index is 11.7. The highest BCUT2D eigenvalue weighted by Gasteiger charge is 2.28. The summed E-state index contributed by atoms with van der Waals surface area (Å²) in [7, 11) is 0. The van der Waals surface area contributed by atoms with Gasteiger partial charge in [0.15, 0.2) is 0 Å². The zero-order valence-electron chi connectivity index (χ0n) is 14.8. The van der Waals surface area contributed by atoms with Crippen molar-refractivity contribution in [3.8, 4) is 0 Å². The standard InChI is InChI=1S/C17H25N3O5S/c1-2-6-12(11-21)19-15(23)10-18-14(22)7-4-3-5-8-20-16(24)9-13(26)17(20)25/h9,11-12,26H,2-8,10H2,1H3,(H,18,22)(H,19,23). The average molecular weight is 383 g/mol. The summed E-state index contributed by atoms with van der Waals surface area (Å²) >= 11 is 3.92. The van der Waals surface area contributed by atoms with Gasteiger partial charge < -0.3 is 15.4 Å². The van der Waals surface area contributed by atoms with Gasteiger partial charge in [-0.1, -0.05) is 19.8 Å². The molecule has 1 heterocycles. The zero-order chi connectivity index (χ0) is 19.5. The van der Waals surface area contributed by atoms with Gasteiger partial charge in [0.05, 0.1) is 17.5 Å². The van der Waals surface area contributed by atoms with E-state index in [2.05, 4.69) is 23.3 Å². The third kappa shape index (κ3) is 7.38. The van der Waals surface area contributed by atoms with E-state index in [0.717, 1.165) is 11.3 Å². The Kier molecular flexibility index (Phi) is 9.64. The number of unbranched alkanes of at least 4 members (excludes halogenated alkanes) is 2. The van der Waals surface area contributed by atoms with Gasteiger partial charge in [-0.05, 0) is 19.3 Å². The number of carbonyl (C=O) groups excluding carboxylic acids is 5. The van der Waals surface area contributed by atoms with Crippen LogP contribution >= 0.6 is 12.6 Å². The van der Waals surface area contributed by atoms with Crippen LogP contribution in [0, 0.1) is 0 Å². The molecule has 1 aliphatic rings. The quantitative estimate of drug-likeness (QED) is 0.195. The Morgan fingerprint density at radius 1 is 1.23 bits per heavy atom. The summed E-state index contributed by atoms with van der Waals surface area (Å²) in [5.41, 5.74) is 0.